The molecule has 4 nitrogen and oxygen atoms in total. The summed E-state index contributed by atoms with van der Waals surface area (Å²) in [6.07, 6.45) is 1.17. The Labute approximate surface area is 91.8 Å². The van der Waals surface area contributed by atoms with E-state index in [1.165, 1.54) is 6.42 Å². The Morgan fingerprint density at radius 2 is 1.93 bits per heavy atom. The number of likely N-dealkylation sites (N-methyl/N-ethyl adjacent to an activating group) is 1. The van der Waals surface area contributed by atoms with Crippen molar-refractivity contribution in [3.8, 4) is 0 Å². The molecule has 0 aliphatic carbocycles. The quantitative estimate of drug-likeness (QED) is 0.676. The van der Waals surface area contributed by atoms with Crippen molar-refractivity contribution in [1.29, 1.82) is 0 Å². The van der Waals surface area contributed by atoms with Gasteiger partial charge in [-0.2, -0.15) is 0 Å². The number of hydrogen-bond donors (Lipinski definition) is 0. The number of amides is 2. The number of fused-ring (bicyclic) bond motifs is 2. The van der Waals surface area contributed by atoms with Gasteiger partial charge >= 0.3 is 6.03 Å². The monoisotopic (exact) mass is 211 g/mol. The second kappa shape index (κ2) is 4.00. The second-order valence-corrected chi connectivity index (χ2v) is 4.59. The summed E-state index contributed by atoms with van der Waals surface area (Å²) >= 11 is 0. The zero-order chi connectivity index (χ0) is 11.0. The summed E-state index contributed by atoms with van der Waals surface area (Å²) in [6, 6.07) is 1.31. The van der Waals surface area contributed by atoms with E-state index >= 15 is 0 Å². The van der Waals surface area contributed by atoms with Gasteiger partial charge in [-0.25, -0.2) is 4.79 Å². The molecule has 0 spiro atoms. The average Bonchev–Trinajstić information content (AvgIpc) is 2.77. The highest BCUT2D eigenvalue weighted by Gasteiger charge is 2.44. The van der Waals surface area contributed by atoms with Gasteiger partial charge in [0.15, 0.2) is 0 Å². The summed E-state index contributed by atoms with van der Waals surface area (Å²) in [4.78, 5) is 18.5. The van der Waals surface area contributed by atoms with Crippen molar-refractivity contribution in [1.82, 2.24) is 14.7 Å². The number of carbonyl (C=O) groups is 1. The molecule has 2 unspecified atom stereocenters. The van der Waals surface area contributed by atoms with Crippen molar-refractivity contribution >= 4 is 6.03 Å². The Morgan fingerprint density at radius 1 is 1.27 bits per heavy atom. The van der Waals surface area contributed by atoms with Crippen molar-refractivity contribution in [2.45, 2.75) is 32.4 Å². The molecule has 2 fully saturated rings. The summed E-state index contributed by atoms with van der Waals surface area (Å²) in [5.74, 6) is 0. The third-order valence-electron chi connectivity index (χ3n) is 3.79. The van der Waals surface area contributed by atoms with Crippen LogP contribution < -0.4 is 0 Å². The lowest BCUT2D eigenvalue weighted by atomic mass is 10.2. The Hall–Kier alpha value is -0.770. The molecular formula is C11H21N3O. The van der Waals surface area contributed by atoms with Gasteiger partial charge in [0.05, 0.1) is 0 Å². The van der Waals surface area contributed by atoms with E-state index in [9.17, 15) is 4.79 Å². The number of rotatable bonds is 2. The van der Waals surface area contributed by atoms with Crippen molar-refractivity contribution < 1.29 is 4.79 Å². The Balaban J connectivity index is 1.99. The van der Waals surface area contributed by atoms with Gasteiger partial charge in [0.2, 0.25) is 0 Å². The first-order chi connectivity index (χ1) is 7.17. The van der Waals surface area contributed by atoms with Crippen molar-refractivity contribution in [2.75, 3.05) is 33.2 Å². The summed E-state index contributed by atoms with van der Waals surface area (Å²) in [5.41, 5.74) is 0. The number of carbonyl (C=O) groups excluding carboxylic acids is 1. The highest BCUT2D eigenvalue weighted by atomic mass is 16.2. The van der Waals surface area contributed by atoms with Gasteiger partial charge in [-0.15, -0.1) is 0 Å². The van der Waals surface area contributed by atoms with E-state index in [4.69, 9.17) is 0 Å². The van der Waals surface area contributed by atoms with Crippen LogP contribution in [0.2, 0.25) is 0 Å². The van der Waals surface area contributed by atoms with Gasteiger partial charge in [0.25, 0.3) is 0 Å². The number of urea groups is 1. The molecule has 0 aromatic carbocycles. The fourth-order valence-corrected chi connectivity index (χ4v) is 2.78. The smallest absolute Gasteiger partial charge is 0.320 e. The fourth-order valence-electron chi connectivity index (χ4n) is 2.78. The fraction of sp³-hybridized carbons (Fsp3) is 0.909. The lowest BCUT2D eigenvalue weighted by molar-refractivity contribution is 0.123. The molecule has 0 aromatic rings. The van der Waals surface area contributed by atoms with Gasteiger partial charge in [-0.05, 0) is 27.3 Å². The molecule has 2 aliphatic heterocycles. The first-order valence-electron chi connectivity index (χ1n) is 5.93. The SMILES string of the molecule is CCN(CC)C(=O)N1CC2CC1CN2C. The van der Waals surface area contributed by atoms with Crippen LogP contribution >= 0.6 is 0 Å². The lowest BCUT2D eigenvalue weighted by Gasteiger charge is -2.35. The molecule has 2 amide bonds. The minimum Gasteiger partial charge on any atom is -0.325 e. The maximum absolute atomic E-state index is 12.1. The molecule has 2 rings (SSSR count). The van der Waals surface area contributed by atoms with Crippen molar-refractivity contribution in [2.24, 2.45) is 0 Å². The van der Waals surface area contributed by atoms with E-state index in [1.54, 1.807) is 0 Å². The number of likely N-dealkylation sites (tertiary alicyclic amines) is 2. The molecule has 0 N–H and O–H groups in total. The first-order valence-corrected chi connectivity index (χ1v) is 5.93. The van der Waals surface area contributed by atoms with E-state index in [0.717, 1.165) is 26.2 Å². The van der Waals surface area contributed by atoms with Crippen LogP contribution in [-0.4, -0.2) is 66.0 Å². The summed E-state index contributed by atoms with van der Waals surface area (Å²) in [6.45, 7) is 7.70. The molecule has 0 radical (unpaired) electrons. The summed E-state index contributed by atoms with van der Waals surface area (Å²) in [7, 11) is 2.16. The second-order valence-electron chi connectivity index (χ2n) is 4.59. The van der Waals surface area contributed by atoms with Gasteiger partial charge in [-0.3, -0.25) is 4.90 Å². The number of piperazine rings is 1. The van der Waals surface area contributed by atoms with Gasteiger partial charge < -0.3 is 9.80 Å². The van der Waals surface area contributed by atoms with E-state index in [0.29, 0.717) is 12.1 Å². The molecule has 86 valence electrons. The van der Waals surface area contributed by atoms with Gasteiger partial charge in [0.1, 0.15) is 0 Å². The molecule has 2 atom stereocenters. The van der Waals surface area contributed by atoms with Crippen molar-refractivity contribution in [3.63, 3.8) is 0 Å². The average molecular weight is 211 g/mol. The number of nitrogens with zero attached hydrogens (tertiary/aromatic N) is 3. The van der Waals surface area contributed by atoms with E-state index in [-0.39, 0.29) is 6.03 Å². The highest BCUT2D eigenvalue weighted by molar-refractivity contribution is 5.75. The Morgan fingerprint density at radius 3 is 2.33 bits per heavy atom. The van der Waals surface area contributed by atoms with E-state index in [2.05, 4.69) is 16.8 Å². The summed E-state index contributed by atoms with van der Waals surface area (Å²) in [5, 5.41) is 0. The van der Waals surface area contributed by atoms with Crippen LogP contribution in [0.25, 0.3) is 0 Å². The predicted molar refractivity (Wildman–Crippen MR) is 59.8 cm³/mol. The third kappa shape index (κ3) is 1.71. The zero-order valence-corrected chi connectivity index (χ0v) is 9.94. The molecule has 4 heteroatoms. The summed E-state index contributed by atoms with van der Waals surface area (Å²) < 4.78 is 0. The zero-order valence-electron chi connectivity index (χ0n) is 9.94. The minimum absolute atomic E-state index is 0.237. The molecule has 2 saturated heterocycles. The van der Waals surface area contributed by atoms with Crippen molar-refractivity contribution in [3.05, 3.63) is 0 Å². The first kappa shape index (κ1) is 10.7. The molecule has 2 aliphatic rings. The van der Waals surface area contributed by atoms with E-state index < -0.39 is 0 Å². The van der Waals surface area contributed by atoms with Crippen LogP contribution in [0.3, 0.4) is 0 Å². The van der Waals surface area contributed by atoms with Crippen LogP contribution in [0.5, 0.6) is 0 Å². The van der Waals surface area contributed by atoms with Crippen LogP contribution in [0.15, 0.2) is 0 Å². The van der Waals surface area contributed by atoms with Crippen LogP contribution in [0.1, 0.15) is 20.3 Å². The maximum Gasteiger partial charge on any atom is 0.320 e. The minimum atomic E-state index is 0.237. The van der Waals surface area contributed by atoms with Crippen LogP contribution in [-0.2, 0) is 0 Å². The van der Waals surface area contributed by atoms with Crippen LogP contribution in [0, 0.1) is 0 Å². The van der Waals surface area contributed by atoms with Gasteiger partial charge in [-0.1, -0.05) is 0 Å². The predicted octanol–water partition coefficient (Wildman–Crippen LogP) is 0.837. The normalized spacial score (nSPS) is 29.9. The van der Waals surface area contributed by atoms with Gasteiger partial charge in [0, 0.05) is 38.3 Å². The third-order valence-corrected chi connectivity index (χ3v) is 3.79. The molecule has 0 aromatic heterocycles. The largest absolute Gasteiger partial charge is 0.325 e. The molecular weight excluding hydrogens is 190 g/mol. The molecule has 15 heavy (non-hydrogen) atoms. The topological polar surface area (TPSA) is 26.8 Å². The Bertz CT molecular complexity index is 250. The Kier molecular flexibility index (Phi) is 2.87. The number of hydrogen-bond acceptors (Lipinski definition) is 2. The molecule has 2 bridgehead atoms. The molecule has 2 heterocycles. The van der Waals surface area contributed by atoms with E-state index in [1.807, 2.05) is 18.7 Å². The van der Waals surface area contributed by atoms with Crippen LogP contribution in [0.4, 0.5) is 4.79 Å². The standard InChI is InChI=1S/C11H21N3O/c1-4-13(5-2)11(15)14-8-9-6-10(14)7-12(9)3/h9-10H,4-8H2,1-3H3. The maximum atomic E-state index is 12.1. The lowest BCUT2D eigenvalue weighted by Crippen LogP contribution is -2.52. The highest BCUT2D eigenvalue weighted by Crippen LogP contribution is 2.29. The molecule has 0 saturated carbocycles.